The summed E-state index contributed by atoms with van der Waals surface area (Å²) in [5.41, 5.74) is 2.86. The third-order valence-electron chi connectivity index (χ3n) is 4.53. The molecule has 2 aromatic heterocycles. The molecule has 1 aliphatic heterocycles. The lowest BCUT2D eigenvalue weighted by Gasteiger charge is -2.35. The molecule has 0 radical (unpaired) electrons. The van der Waals surface area contributed by atoms with Crippen molar-refractivity contribution in [3.8, 4) is 5.69 Å². The van der Waals surface area contributed by atoms with Gasteiger partial charge in [0.2, 0.25) is 0 Å². The van der Waals surface area contributed by atoms with Crippen molar-refractivity contribution in [3.63, 3.8) is 0 Å². The number of piperazine rings is 1. The minimum absolute atomic E-state index is 0.284. The highest BCUT2D eigenvalue weighted by atomic mass is 35.5. The number of hydrogen-bond donors (Lipinski definition) is 1. The maximum absolute atomic E-state index is 6.29. The average molecular weight is 389 g/mol. The normalized spacial score (nSPS) is 18.2. The molecule has 26 heavy (non-hydrogen) atoms. The summed E-state index contributed by atoms with van der Waals surface area (Å²) in [6.45, 7) is 3.51. The van der Waals surface area contributed by atoms with E-state index < -0.39 is 0 Å². The molecule has 0 spiro atoms. The first-order valence-corrected chi connectivity index (χ1v) is 9.18. The van der Waals surface area contributed by atoms with Gasteiger partial charge in [0.15, 0.2) is 0 Å². The Balaban J connectivity index is 1.55. The van der Waals surface area contributed by atoms with Gasteiger partial charge >= 0.3 is 0 Å². The molecule has 1 atom stereocenters. The molecule has 134 valence electrons. The van der Waals surface area contributed by atoms with Crippen LogP contribution >= 0.6 is 23.2 Å². The molecule has 0 saturated carbocycles. The summed E-state index contributed by atoms with van der Waals surface area (Å²) in [7, 11) is 0. The van der Waals surface area contributed by atoms with Crippen LogP contribution in [0.3, 0.4) is 0 Å². The Bertz CT molecular complexity index is 882. The van der Waals surface area contributed by atoms with E-state index in [1.165, 1.54) is 5.56 Å². The lowest BCUT2D eigenvalue weighted by molar-refractivity contribution is 0.152. The van der Waals surface area contributed by atoms with Gasteiger partial charge in [-0.15, -0.1) is 5.10 Å². The zero-order valence-electron chi connectivity index (χ0n) is 14.0. The summed E-state index contributed by atoms with van der Waals surface area (Å²) >= 11 is 12.4. The van der Waals surface area contributed by atoms with E-state index in [1.54, 1.807) is 10.7 Å². The lowest BCUT2D eigenvalue weighted by Crippen LogP contribution is -2.45. The van der Waals surface area contributed by atoms with Gasteiger partial charge in [0.25, 0.3) is 0 Å². The summed E-state index contributed by atoms with van der Waals surface area (Å²) in [4.78, 5) is 6.52. The van der Waals surface area contributed by atoms with Gasteiger partial charge in [0, 0.05) is 44.6 Å². The van der Waals surface area contributed by atoms with E-state index >= 15 is 0 Å². The van der Waals surface area contributed by atoms with Gasteiger partial charge in [-0.3, -0.25) is 9.88 Å². The molecular weight excluding hydrogens is 371 g/mol. The molecule has 1 saturated heterocycles. The summed E-state index contributed by atoms with van der Waals surface area (Å²) in [5.74, 6) is 0. The van der Waals surface area contributed by atoms with Crippen LogP contribution in [0.1, 0.15) is 17.3 Å². The highest BCUT2D eigenvalue weighted by molar-refractivity contribution is 6.43. The first-order chi connectivity index (χ1) is 12.7. The quantitative estimate of drug-likeness (QED) is 0.743. The van der Waals surface area contributed by atoms with E-state index in [9.17, 15) is 0 Å². The third kappa shape index (κ3) is 3.59. The second kappa shape index (κ2) is 7.72. The maximum atomic E-state index is 6.29. The Labute approximate surface area is 161 Å². The van der Waals surface area contributed by atoms with Crippen LogP contribution in [0, 0.1) is 0 Å². The van der Waals surface area contributed by atoms with Gasteiger partial charge in [-0.1, -0.05) is 34.5 Å². The molecule has 6 nitrogen and oxygen atoms in total. The SMILES string of the molecule is Clc1cccc(-n2cc(CN3CCNCC3c3ccncc3)nn2)c1Cl. The largest absolute Gasteiger partial charge is 0.314 e. The van der Waals surface area contributed by atoms with Crippen molar-refractivity contribution >= 4 is 23.2 Å². The van der Waals surface area contributed by atoms with Crippen molar-refractivity contribution in [2.45, 2.75) is 12.6 Å². The predicted molar refractivity (Wildman–Crippen MR) is 102 cm³/mol. The lowest BCUT2D eigenvalue weighted by atomic mass is 10.0. The predicted octanol–water partition coefficient (Wildman–Crippen LogP) is 3.12. The Hall–Kier alpha value is -1.99. The molecule has 1 aromatic carbocycles. The Kier molecular flexibility index (Phi) is 5.17. The molecule has 4 rings (SSSR count). The second-order valence-electron chi connectivity index (χ2n) is 6.20. The average Bonchev–Trinajstić information content (AvgIpc) is 3.13. The molecule has 3 aromatic rings. The monoisotopic (exact) mass is 388 g/mol. The van der Waals surface area contributed by atoms with E-state index in [4.69, 9.17) is 23.2 Å². The van der Waals surface area contributed by atoms with E-state index in [2.05, 4.69) is 37.6 Å². The summed E-state index contributed by atoms with van der Waals surface area (Å²) in [6.07, 6.45) is 5.57. The highest BCUT2D eigenvalue weighted by Gasteiger charge is 2.24. The van der Waals surface area contributed by atoms with Gasteiger partial charge in [-0.25, -0.2) is 4.68 Å². The standard InChI is InChI=1S/C18H18Cl2N6/c19-15-2-1-3-16(18(15)20)26-12-14(23-24-26)11-25-9-8-22-10-17(25)13-4-6-21-7-5-13/h1-7,12,17,22H,8-11H2. The molecule has 1 N–H and O–H groups in total. The fraction of sp³-hybridized carbons (Fsp3) is 0.278. The molecular formula is C18H18Cl2N6. The molecule has 3 heterocycles. The van der Waals surface area contributed by atoms with Crippen LogP contribution in [0.4, 0.5) is 0 Å². The van der Waals surface area contributed by atoms with E-state index in [1.807, 2.05) is 30.7 Å². The molecule has 8 heteroatoms. The van der Waals surface area contributed by atoms with E-state index in [0.29, 0.717) is 16.6 Å². The number of hydrogen-bond acceptors (Lipinski definition) is 5. The third-order valence-corrected chi connectivity index (χ3v) is 5.34. The Morgan fingerprint density at radius 1 is 1.15 bits per heavy atom. The maximum Gasteiger partial charge on any atom is 0.0972 e. The molecule has 0 bridgehead atoms. The minimum Gasteiger partial charge on any atom is -0.314 e. The van der Waals surface area contributed by atoms with Gasteiger partial charge in [0.05, 0.1) is 27.6 Å². The van der Waals surface area contributed by atoms with Crippen LogP contribution < -0.4 is 5.32 Å². The summed E-state index contributed by atoms with van der Waals surface area (Å²) in [5, 5.41) is 13.0. The van der Waals surface area contributed by atoms with Crippen molar-refractivity contribution < 1.29 is 0 Å². The number of pyridine rings is 1. The van der Waals surface area contributed by atoms with Crippen LogP contribution in [0.25, 0.3) is 5.69 Å². The molecule has 1 unspecified atom stereocenters. The Morgan fingerprint density at radius 3 is 2.85 bits per heavy atom. The van der Waals surface area contributed by atoms with Crippen LogP contribution in [0.15, 0.2) is 48.9 Å². The number of halogens is 2. The molecule has 1 fully saturated rings. The topological polar surface area (TPSA) is 58.9 Å². The summed E-state index contributed by atoms with van der Waals surface area (Å²) < 4.78 is 1.67. The van der Waals surface area contributed by atoms with Crippen LogP contribution in [-0.4, -0.2) is 44.5 Å². The molecule has 0 amide bonds. The fourth-order valence-electron chi connectivity index (χ4n) is 3.22. The number of aromatic nitrogens is 4. The highest BCUT2D eigenvalue weighted by Crippen LogP contribution is 2.28. The van der Waals surface area contributed by atoms with Crippen LogP contribution in [0.2, 0.25) is 10.0 Å². The zero-order valence-corrected chi connectivity index (χ0v) is 15.5. The molecule has 1 aliphatic rings. The summed E-state index contributed by atoms with van der Waals surface area (Å²) in [6, 6.07) is 9.88. The van der Waals surface area contributed by atoms with Crippen LogP contribution in [-0.2, 0) is 6.54 Å². The van der Waals surface area contributed by atoms with Crippen molar-refractivity contribution in [3.05, 3.63) is 70.2 Å². The number of rotatable bonds is 4. The first kappa shape index (κ1) is 17.4. The zero-order chi connectivity index (χ0) is 17.9. The van der Waals surface area contributed by atoms with Crippen molar-refractivity contribution in [2.75, 3.05) is 19.6 Å². The van der Waals surface area contributed by atoms with Gasteiger partial charge in [0.1, 0.15) is 0 Å². The molecule has 0 aliphatic carbocycles. The van der Waals surface area contributed by atoms with Gasteiger partial charge < -0.3 is 5.32 Å². The van der Waals surface area contributed by atoms with E-state index in [0.717, 1.165) is 31.0 Å². The van der Waals surface area contributed by atoms with Gasteiger partial charge in [-0.2, -0.15) is 0 Å². The van der Waals surface area contributed by atoms with E-state index in [-0.39, 0.29) is 6.04 Å². The van der Waals surface area contributed by atoms with Crippen molar-refractivity contribution in [1.29, 1.82) is 0 Å². The van der Waals surface area contributed by atoms with Crippen LogP contribution in [0.5, 0.6) is 0 Å². The Morgan fingerprint density at radius 2 is 2.00 bits per heavy atom. The van der Waals surface area contributed by atoms with Crippen molar-refractivity contribution in [1.82, 2.24) is 30.2 Å². The second-order valence-corrected chi connectivity index (χ2v) is 6.98. The fourth-order valence-corrected chi connectivity index (χ4v) is 3.60. The first-order valence-electron chi connectivity index (χ1n) is 8.42. The number of nitrogens with one attached hydrogen (secondary N) is 1. The smallest absolute Gasteiger partial charge is 0.0972 e. The van der Waals surface area contributed by atoms with Crippen molar-refractivity contribution in [2.24, 2.45) is 0 Å². The number of benzene rings is 1. The number of nitrogens with zero attached hydrogens (tertiary/aromatic N) is 5. The van der Waals surface area contributed by atoms with Gasteiger partial charge in [-0.05, 0) is 29.8 Å². The minimum atomic E-state index is 0.284.